The summed E-state index contributed by atoms with van der Waals surface area (Å²) in [5, 5.41) is 8.73. The number of carboxylic acids is 1. The van der Waals surface area contributed by atoms with Gasteiger partial charge in [-0.25, -0.2) is 4.79 Å². The number of rotatable bonds is 6. The number of hydrogen-bond acceptors (Lipinski definition) is 2. The minimum atomic E-state index is -1.00. The molecule has 0 bridgehead atoms. The Kier molecular flexibility index (Phi) is 5.00. The number of amides is 2. The van der Waals surface area contributed by atoms with Crippen LogP contribution in [0.2, 0.25) is 0 Å². The molecule has 1 rings (SSSR count). The van der Waals surface area contributed by atoms with E-state index in [2.05, 4.69) is 6.58 Å². The largest absolute Gasteiger partial charge is 0.480 e. The van der Waals surface area contributed by atoms with Gasteiger partial charge >= 0.3 is 12.0 Å². The third kappa shape index (κ3) is 4.09. The quantitative estimate of drug-likeness (QED) is 0.714. The molecule has 1 fully saturated rings. The Hall–Kier alpha value is -1.52. The number of urea groups is 1. The highest BCUT2D eigenvalue weighted by atomic mass is 16.4. The molecule has 0 aromatic heterocycles. The van der Waals surface area contributed by atoms with Crippen molar-refractivity contribution in [2.45, 2.75) is 19.3 Å². The van der Waals surface area contributed by atoms with Gasteiger partial charge in [-0.15, -0.1) is 6.58 Å². The zero-order valence-corrected chi connectivity index (χ0v) is 10.3. The highest BCUT2D eigenvalue weighted by Crippen LogP contribution is 2.26. The molecule has 0 unspecified atom stereocenters. The van der Waals surface area contributed by atoms with Gasteiger partial charge in [-0.3, -0.25) is 4.79 Å². The SMILES string of the molecule is C=CCN(CC(=O)O)C(=O)N(C)CC1CCC1. The second-order valence-electron chi connectivity index (χ2n) is 4.52. The molecule has 1 aliphatic rings. The highest BCUT2D eigenvalue weighted by molar-refractivity contribution is 5.80. The van der Waals surface area contributed by atoms with Crippen LogP contribution in [0.1, 0.15) is 19.3 Å². The summed E-state index contributed by atoms with van der Waals surface area (Å²) in [4.78, 5) is 25.5. The molecule has 0 radical (unpaired) electrons. The van der Waals surface area contributed by atoms with Crippen molar-refractivity contribution in [3.05, 3.63) is 12.7 Å². The lowest BCUT2D eigenvalue weighted by molar-refractivity contribution is -0.137. The average molecular weight is 240 g/mol. The van der Waals surface area contributed by atoms with Crippen LogP contribution in [0, 0.1) is 5.92 Å². The van der Waals surface area contributed by atoms with Crippen LogP contribution in [-0.4, -0.2) is 53.6 Å². The van der Waals surface area contributed by atoms with Gasteiger partial charge in [-0.2, -0.15) is 0 Å². The number of hydrogen-bond donors (Lipinski definition) is 1. The summed E-state index contributed by atoms with van der Waals surface area (Å²) in [5.74, 6) is -0.420. The van der Waals surface area contributed by atoms with Gasteiger partial charge in [0.2, 0.25) is 0 Å². The lowest BCUT2D eigenvalue weighted by atomic mass is 9.85. The zero-order valence-electron chi connectivity index (χ0n) is 10.3. The van der Waals surface area contributed by atoms with Crippen LogP contribution in [0.5, 0.6) is 0 Å². The Balaban J connectivity index is 2.48. The molecule has 17 heavy (non-hydrogen) atoms. The van der Waals surface area contributed by atoms with Gasteiger partial charge in [0.1, 0.15) is 6.54 Å². The summed E-state index contributed by atoms with van der Waals surface area (Å²) in [6, 6.07) is -0.237. The van der Waals surface area contributed by atoms with Crippen molar-refractivity contribution >= 4 is 12.0 Å². The Morgan fingerprint density at radius 3 is 2.53 bits per heavy atom. The van der Waals surface area contributed by atoms with E-state index in [1.165, 1.54) is 17.4 Å². The van der Waals surface area contributed by atoms with E-state index >= 15 is 0 Å². The first kappa shape index (κ1) is 13.5. The van der Waals surface area contributed by atoms with Crippen molar-refractivity contribution in [1.29, 1.82) is 0 Å². The van der Waals surface area contributed by atoms with Gasteiger partial charge in [0.05, 0.1) is 0 Å². The van der Waals surface area contributed by atoms with Gasteiger partial charge in [0, 0.05) is 20.1 Å². The minimum absolute atomic E-state index is 0.237. The van der Waals surface area contributed by atoms with Crippen LogP contribution in [0.3, 0.4) is 0 Å². The first-order valence-corrected chi connectivity index (χ1v) is 5.87. The summed E-state index contributed by atoms with van der Waals surface area (Å²) >= 11 is 0. The third-order valence-electron chi connectivity index (χ3n) is 3.03. The number of carbonyl (C=O) groups excluding carboxylic acids is 1. The minimum Gasteiger partial charge on any atom is -0.480 e. The van der Waals surface area contributed by atoms with E-state index in [0.717, 1.165) is 12.8 Å². The predicted octanol–water partition coefficient (Wildman–Crippen LogP) is 1.41. The third-order valence-corrected chi connectivity index (χ3v) is 3.03. The number of carbonyl (C=O) groups is 2. The molecule has 0 saturated heterocycles. The van der Waals surface area contributed by atoms with Crippen molar-refractivity contribution in [3.63, 3.8) is 0 Å². The second kappa shape index (κ2) is 6.27. The van der Waals surface area contributed by atoms with Crippen molar-refractivity contribution < 1.29 is 14.7 Å². The van der Waals surface area contributed by atoms with Crippen molar-refractivity contribution in [3.8, 4) is 0 Å². The van der Waals surface area contributed by atoms with Gasteiger partial charge < -0.3 is 14.9 Å². The van der Waals surface area contributed by atoms with Crippen LogP contribution in [0.4, 0.5) is 4.79 Å². The maximum absolute atomic E-state index is 12.0. The molecule has 0 aromatic carbocycles. The molecule has 1 aliphatic carbocycles. The van der Waals surface area contributed by atoms with Crippen LogP contribution < -0.4 is 0 Å². The van der Waals surface area contributed by atoms with E-state index in [0.29, 0.717) is 12.5 Å². The molecule has 0 spiro atoms. The van der Waals surface area contributed by atoms with E-state index in [1.54, 1.807) is 11.9 Å². The van der Waals surface area contributed by atoms with Crippen LogP contribution in [0.15, 0.2) is 12.7 Å². The molecule has 0 aromatic rings. The molecule has 5 nitrogen and oxygen atoms in total. The van der Waals surface area contributed by atoms with E-state index in [9.17, 15) is 9.59 Å². The van der Waals surface area contributed by atoms with Gasteiger partial charge in [-0.1, -0.05) is 12.5 Å². The normalized spacial score (nSPS) is 14.9. The fourth-order valence-corrected chi connectivity index (χ4v) is 1.91. The zero-order chi connectivity index (χ0) is 12.8. The van der Waals surface area contributed by atoms with Crippen LogP contribution >= 0.6 is 0 Å². The molecule has 0 atom stereocenters. The van der Waals surface area contributed by atoms with Gasteiger partial charge in [-0.05, 0) is 18.8 Å². The molecule has 2 amide bonds. The molecule has 1 saturated carbocycles. The summed E-state index contributed by atoms with van der Waals surface area (Å²) in [6.07, 6.45) is 5.10. The Morgan fingerprint density at radius 1 is 1.47 bits per heavy atom. The smallest absolute Gasteiger partial charge is 0.323 e. The average Bonchev–Trinajstić information content (AvgIpc) is 2.21. The number of aliphatic carboxylic acids is 1. The Bertz CT molecular complexity index is 300. The van der Waals surface area contributed by atoms with Crippen molar-refractivity contribution in [2.24, 2.45) is 5.92 Å². The summed E-state index contributed by atoms with van der Waals surface area (Å²) in [5.41, 5.74) is 0. The van der Waals surface area contributed by atoms with Crippen molar-refractivity contribution in [2.75, 3.05) is 26.7 Å². The maximum atomic E-state index is 12.0. The highest BCUT2D eigenvalue weighted by Gasteiger charge is 2.24. The van der Waals surface area contributed by atoms with Gasteiger partial charge in [0.25, 0.3) is 0 Å². The molecule has 0 aliphatic heterocycles. The van der Waals surface area contributed by atoms with E-state index in [-0.39, 0.29) is 19.1 Å². The lowest BCUT2D eigenvalue weighted by Crippen LogP contribution is -2.45. The first-order valence-electron chi connectivity index (χ1n) is 5.87. The fourth-order valence-electron chi connectivity index (χ4n) is 1.91. The summed E-state index contributed by atoms with van der Waals surface area (Å²) < 4.78 is 0. The number of nitrogens with zero attached hydrogens (tertiary/aromatic N) is 2. The van der Waals surface area contributed by atoms with E-state index in [4.69, 9.17) is 5.11 Å². The standard InChI is InChI=1S/C12H20N2O3/c1-3-7-14(9-11(15)16)12(17)13(2)8-10-5-4-6-10/h3,10H,1,4-9H2,2H3,(H,15,16). The van der Waals surface area contributed by atoms with Gasteiger partial charge in [0.15, 0.2) is 0 Å². The first-order chi connectivity index (χ1) is 8.04. The van der Waals surface area contributed by atoms with Crippen LogP contribution in [-0.2, 0) is 4.79 Å². The fraction of sp³-hybridized carbons (Fsp3) is 0.667. The molecular weight excluding hydrogens is 220 g/mol. The number of carboxylic acid groups (broad SMARTS) is 1. The van der Waals surface area contributed by atoms with E-state index < -0.39 is 5.97 Å². The molecular formula is C12H20N2O3. The molecule has 5 heteroatoms. The molecule has 0 heterocycles. The Labute approximate surface area is 102 Å². The van der Waals surface area contributed by atoms with Crippen molar-refractivity contribution in [1.82, 2.24) is 9.80 Å². The summed E-state index contributed by atoms with van der Waals surface area (Å²) in [7, 11) is 1.72. The topological polar surface area (TPSA) is 60.9 Å². The van der Waals surface area contributed by atoms with E-state index in [1.807, 2.05) is 0 Å². The Morgan fingerprint density at radius 2 is 2.12 bits per heavy atom. The van der Waals surface area contributed by atoms with Crippen LogP contribution in [0.25, 0.3) is 0 Å². The predicted molar refractivity (Wildman–Crippen MR) is 64.8 cm³/mol. The lowest BCUT2D eigenvalue weighted by Gasteiger charge is -2.32. The maximum Gasteiger partial charge on any atom is 0.323 e. The molecule has 96 valence electrons. The monoisotopic (exact) mass is 240 g/mol. The second-order valence-corrected chi connectivity index (χ2v) is 4.52. The molecule has 1 N–H and O–H groups in total. The summed E-state index contributed by atoms with van der Waals surface area (Å²) in [6.45, 7) is 4.23.